The SMILES string of the molecule is O=C(O)CCC(NC(=O)c1ncc([N+](=O)[O-])cc1Cl)C(=O)O. The van der Waals surface area contributed by atoms with Crippen molar-refractivity contribution >= 4 is 35.1 Å². The molecule has 1 unspecified atom stereocenters. The van der Waals surface area contributed by atoms with Gasteiger partial charge in [0.05, 0.1) is 9.95 Å². The van der Waals surface area contributed by atoms with Gasteiger partial charge in [-0.1, -0.05) is 11.6 Å². The summed E-state index contributed by atoms with van der Waals surface area (Å²) in [7, 11) is 0. The van der Waals surface area contributed by atoms with Crippen LogP contribution in [0.1, 0.15) is 23.3 Å². The lowest BCUT2D eigenvalue weighted by atomic mass is 10.1. The minimum atomic E-state index is -1.45. The van der Waals surface area contributed by atoms with Crippen LogP contribution in [-0.2, 0) is 9.59 Å². The molecule has 1 atom stereocenters. The van der Waals surface area contributed by atoms with Gasteiger partial charge in [-0.05, 0) is 6.42 Å². The third kappa shape index (κ3) is 4.66. The Kier molecular flexibility index (Phi) is 5.75. The van der Waals surface area contributed by atoms with Gasteiger partial charge in [0.25, 0.3) is 11.6 Å². The van der Waals surface area contributed by atoms with Crippen molar-refractivity contribution in [3.05, 3.63) is 33.1 Å². The molecule has 0 radical (unpaired) electrons. The van der Waals surface area contributed by atoms with Crippen LogP contribution in [0.3, 0.4) is 0 Å². The molecule has 22 heavy (non-hydrogen) atoms. The summed E-state index contributed by atoms with van der Waals surface area (Å²) in [6.07, 6.45) is 0.00743. The number of carbonyl (C=O) groups excluding carboxylic acids is 1. The highest BCUT2D eigenvalue weighted by Crippen LogP contribution is 2.20. The first kappa shape index (κ1) is 17.3. The highest BCUT2D eigenvalue weighted by atomic mass is 35.5. The van der Waals surface area contributed by atoms with Gasteiger partial charge in [0.15, 0.2) is 0 Å². The highest BCUT2D eigenvalue weighted by Gasteiger charge is 2.24. The molecule has 1 amide bonds. The third-order valence-corrected chi connectivity index (χ3v) is 2.79. The number of halogens is 1. The van der Waals surface area contributed by atoms with E-state index in [0.717, 1.165) is 12.3 Å². The largest absolute Gasteiger partial charge is 0.481 e. The van der Waals surface area contributed by atoms with Crippen molar-refractivity contribution in [1.29, 1.82) is 0 Å². The molecule has 0 aliphatic carbocycles. The number of nitro groups is 1. The summed E-state index contributed by atoms with van der Waals surface area (Å²) in [6.45, 7) is 0. The van der Waals surface area contributed by atoms with E-state index in [4.69, 9.17) is 21.8 Å². The Hall–Kier alpha value is -2.75. The molecule has 0 saturated carbocycles. The van der Waals surface area contributed by atoms with Crippen molar-refractivity contribution in [1.82, 2.24) is 10.3 Å². The van der Waals surface area contributed by atoms with Gasteiger partial charge < -0.3 is 15.5 Å². The van der Waals surface area contributed by atoms with E-state index in [0.29, 0.717) is 0 Å². The summed E-state index contributed by atoms with van der Waals surface area (Å²) in [5, 5.41) is 29.7. The molecule has 118 valence electrons. The maximum absolute atomic E-state index is 11.9. The Morgan fingerprint density at radius 1 is 1.41 bits per heavy atom. The average Bonchev–Trinajstić information content (AvgIpc) is 2.42. The van der Waals surface area contributed by atoms with Crippen LogP contribution in [0.15, 0.2) is 12.3 Å². The third-order valence-electron chi connectivity index (χ3n) is 2.50. The predicted octanol–water partition coefficient (Wildman–Crippen LogP) is 0.691. The minimum Gasteiger partial charge on any atom is -0.481 e. The molecule has 0 fully saturated rings. The number of nitrogens with one attached hydrogen (secondary N) is 1. The Morgan fingerprint density at radius 2 is 2.05 bits per heavy atom. The number of pyridine rings is 1. The van der Waals surface area contributed by atoms with Crippen LogP contribution in [0.2, 0.25) is 5.02 Å². The molecule has 3 N–H and O–H groups in total. The van der Waals surface area contributed by atoms with Gasteiger partial charge in [-0.15, -0.1) is 0 Å². The predicted molar refractivity (Wildman–Crippen MR) is 71.7 cm³/mol. The topological polar surface area (TPSA) is 160 Å². The van der Waals surface area contributed by atoms with Crippen LogP contribution >= 0.6 is 11.6 Å². The molecular formula is C11H10ClN3O7. The van der Waals surface area contributed by atoms with Gasteiger partial charge in [-0.25, -0.2) is 9.78 Å². The number of carboxylic acid groups (broad SMARTS) is 2. The Morgan fingerprint density at radius 3 is 2.50 bits per heavy atom. The fourth-order valence-electron chi connectivity index (χ4n) is 1.45. The fourth-order valence-corrected chi connectivity index (χ4v) is 1.69. The lowest BCUT2D eigenvalue weighted by molar-refractivity contribution is -0.385. The lowest BCUT2D eigenvalue weighted by Crippen LogP contribution is -2.41. The number of aromatic nitrogens is 1. The maximum Gasteiger partial charge on any atom is 0.326 e. The zero-order valence-electron chi connectivity index (χ0n) is 10.9. The Balaban J connectivity index is 2.88. The molecular weight excluding hydrogens is 322 g/mol. The van der Waals surface area contributed by atoms with Gasteiger partial charge in [0.2, 0.25) is 0 Å². The summed E-state index contributed by atoms with van der Waals surface area (Å²) in [6, 6.07) is -0.548. The molecule has 0 saturated heterocycles. The van der Waals surface area contributed by atoms with E-state index >= 15 is 0 Å². The monoisotopic (exact) mass is 331 g/mol. The van der Waals surface area contributed by atoms with Crippen molar-refractivity contribution in [3.8, 4) is 0 Å². The molecule has 0 aliphatic heterocycles. The van der Waals surface area contributed by atoms with E-state index < -0.39 is 46.6 Å². The minimum absolute atomic E-state index is 0.325. The first-order valence-corrected chi connectivity index (χ1v) is 6.15. The van der Waals surface area contributed by atoms with Crippen molar-refractivity contribution in [2.45, 2.75) is 18.9 Å². The van der Waals surface area contributed by atoms with Crippen LogP contribution in [-0.4, -0.2) is 44.0 Å². The summed E-state index contributed by atoms with van der Waals surface area (Å²) in [5.41, 5.74) is -0.823. The molecule has 0 bridgehead atoms. The summed E-state index contributed by atoms with van der Waals surface area (Å²) >= 11 is 5.69. The number of aliphatic carboxylic acids is 2. The molecule has 0 aromatic carbocycles. The van der Waals surface area contributed by atoms with Crippen LogP contribution in [0.25, 0.3) is 0 Å². The molecule has 11 heteroatoms. The molecule has 1 aromatic rings. The summed E-state index contributed by atoms with van der Waals surface area (Å²) in [4.78, 5) is 46.5. The smallest absolute Gasteiger partial charge is 0.326 e. The van der Waals surface area contributed by atoms with Gasteiger partial charge >= 0.3 is 11.9 Å². The number of carbonyl (C=O) groups is 3. The zero-order valence-corrected chi connectivity index (χ0v) is 11.6. The first-order chi connectivity index (χ1) is 10.2. The van der Waals surface area contributed by atoms with E-state index in [-0.39, 0.29) is 11.4 Å². The second-order valence-corrected chi connectivity index (χ2v) is 4.48. The van der Waals surface area contributed by atoms with Gasteiger partial charge in [-0.2, -0.15) is 0 Å². The first-order valence-electron chi connectivity index (χ1n) is 5.77. The van der Waals surface area contributed by atoms with E-state index in [1.165, 1.54) is 0 Å². The van der Waals surface area contributed by atoms with E-state index in [1.807, 2.05) is 0 Å². The standard InChI is InChI=1S/C11H10ClN3O7/c12-6-3-5(15(21)22)4-13-9(6)10(18)14-7(11(19)20)1-2-8(16)17/h3-4,7H,1-2H2,(H,14,18)(H,16,17)(H,19,20). The van der Waals surface area contributed by atoms with E-state index in [9.17, 15) is 24.5 Å². The Labute approximate surface area is 127 Å². The van der Waals surface area contributed by atoms with Gasteiger partial charge in [0, 0.05) is 12.5 Å². The van der Waals surface area contributed by atoms with Crippen LogP contribution in [0.5, 0.6) is 0 Å². The number of hydrogen-bond acceptors (Lipinski definition) is 6. The molecule has 1 rings (SSSR count). The van der Waals surface area contributed by atoms with Gasteiger partial charge in [0.1, 0.15) is 17.9 Å². The summed E-state index contributed by atoms with van der Waals surface area (Å²) < 4.78 is 0. The van der Waals surface area contributed by atoms with Crippen molar-refractivity contribution in [2.24, 2.45) is 0 Å². The number of carboxylic acids is 2. The quantitative estimate of drug-likeness (QED) is 0.485. The van der Waals surface area contributed by atoms with Gasteiger partial charge in [-0.3, -0.25) is 19.7 Å². The zero-order chi connectivity index (χ0) is 16.9. The molecule has 0 spiro atoms. The molecule has 1 heterocycles. The number of amides is 1. The van der Waals surface area contributed by atoms with Crippen LogP contribution in [0, 0.1) is 10.1 Å². The summed E-state index contributed by atoms with van der Waals surface area (Å²) in [5.74, 6) is -3.61. The van der Waals surface area contributed by atoms with Crippen LogP contribution in [0.4, 0.5) is 5.69 Å². The molecule has 10 nitrogen and oxygen atoms in total. The van der Waals surface area contributed by atoms with E-state index in [2.05, 4.69) is 10.3 Å². The average molecular weight is 332 g/mol. The second-order valence-electron chi connectivity index (χ2n) is 4.08. The number of rotatable bonds is 7. The van der Waals surface area contributed by atoms with Crippen molar-refractivity contribution in [2.75, 3.05) is 0 Å². The van der Waals surface area contributed by atoms with Crippen molar-refractivity contribution < 1.29 is 29.5 Å². The second kappa shape index (κ2) is 7.31. The normalized spacial score (nSPS) is 11.5. The molecule has 0 aliphatic rings. The van der Waals surface area contributed by atoms with E-state index in [1.54, 1.807) is 0 Å². The Bertz CT molecular complexity index is 634. The van der Waals surface area contributed by atoms with Crippen LogP contribution < -0.4 is 5.32 Å². The highest BCUT2D eigenvalue weighted by molar-refractivity contribution is 6.33. The van der Waals surface area contributed by atoms with Crippen molar-refractivity contribution in [3.63, 3.8) is 0 Å². The fraction of sp³-hybridized carbons (Fsp3) is 0.273. The lowest BCUT2D eigenvalue weighted by Gasteiger charge is -2.13. The molecule has 1 aromatic heterocycles. The number of hydrogen-bond donors (Lipinski definition) is 3. The number of nitrogens with zero attached hydrogens (tertiary/aromatic N) is 2. The maximum atomic E-state index is 11.9.